The molecule has 1 fully saturated rings. The Balaban J connectivity index is 1.37. The molecule has 0 saturated heterocycles. The maximum Gasteiger partial charge on any atom is 0.326 e. The van der Waals surface area contributed by atoms with Crippen molar-refractivity contribution in [2.45, 2.75) is 24.8 Å². The van der Waals surface area contributed by atoms with Gasteiger partial charge in [0.15, 0.2) is 5.82 Å². The number of nitrogens with one attached hydrogen (secondary N) is 1. The molecule has 10 heteroatoms. The van der Waals surface area contributed by atoms with Crippen molar-refractivity contribution in [1.29, 1.82) is 5.26 Å². The van der Waals surface area contributed by atoms with Crippen LogP contribution in [0.15, 0.2) is 59.0 Å². The number of nitrogens with zero attached hydrogens (tertiary/aromatic N) is 6. The molecule has 2 aromatic carbocycles. The molecule has 0 bridgehead atoms. The summed E-state index contributed by atoms with van der Waals surface area (Å²) in [7, 11) is 0. The van der Waals surface area contributed by atoms with Crippen LogP contribution in [0.5, 0.6) is 0 Å². The Morgan fingerprint density at radius 2 is 2.03 bits per heavy atom. The number of halogens is 1. The van der Waals surface area contributed by atoms with Gasteiger partial charge in [-0.15, -0.1) is 21.5 Å². The summed E-state index contributed by atoms with van der Waals surface area (Å²) in [6, 6.07) is 15.0. The van der Waals surface area contributed by atoms with Gasteiger partial charge in [0.25, 0.3) is 0 Å². The summed E-state index contributed by atoms with van der Waals surface area (Å²) in [6.07, 6.45) is 3.27. The molecular formula is C23H16ClN7OS. The highest BCUT2D eigenvalue weighted by Gasteiger charge is 2.38. The van der Waals surface area contributed by atoms with E-state index in [-0.39, 0.29) is 17.6 Å². The van der Waals surface area contributed by atoms with E-state index in [1.165, 1.54) is 11.3 Å². The van der Waals surface area contributed by atoms with Crippen LogP contribution in [0.25, 0.3) is 27.4 Å². The number of thiazole rings is 1. The van der Waals surface area contributed by atoms with Gasteiger partial charge in [-0.25, -0.2) is 4.79 Å². The molecule has 5 aromatic rings. The van der Waals surface area contributed by atoms with Crippen molar-refractivity contribution in [1.82, 2.24) is 29.3 Å². The largest absolute Gasteiger partial charge is 0.326 e. The molecule has 162 valence electrons. The van der Waals surface area contributed by atoms with E-state index < -0.39 is 0 Å². The second-order valence-electron chi connectivity index (χ2n) is 8.00. The number of aromatic nitrogens is 6. The van der Waals surface area contributed by atoms with Gasteiger partial charge in [-0.05, 0) is 43.2 Å². The number of nitriles is 1. The molecule has 1 N–H and O–H groups in total. The predicted octanol–water partition coefficient (Wildman–Crippen LogP) is 4.68. The topological polar surface area (TPSA) is 105 Å². The molecule has 0 aliphatic heterocycles. The van der Waals surface area contributed by atoms with Gasteiger partial charge in [0.05, 0.1) is 43.8 Å². The highest BCUT2D eigenvalue weighted by molar-refractivity contribution is 7.13. The summed E-state index contributed by atoms with van der Waals surface area (Å²) in [5.74, 6) is 1.65. The zero-order valence-electron chi connectivity index (χ0n) is 17.1. The van der Waals surface area contributed by atoms with E-state index in [1.807, 2.05) is 34.9 Å². The quantitative estimate of drug-likeness (QED) is 0.408. The van der Waals surface area contributed by atoms with E-state index in [2.05, 4.69) is 26.2 Å². The van der Waals surface area contributed by atoms with Crippen molar-refractivity contribution in [3.05, 3.63) is 81.1 Å². The van der Waals surface area contributed by atoms with E-state index in [0.717, 1.165) is 34.7 Å². The van der Waals surface area contributed by atoms with Gasteiger partial charge in [0.1, 0.15) is 5.82 Å². The smallest absolute Gasteiger partial charge is 0.305 e. The van der Waals surface area contributed by atoms with E-state index >= 15 is 0 Å². The molecule has 3 aromatic heterocycles. The summed E-state index contributed by atoms with van der Waals surface area (Å²) in [5, 5.41) is 18.8. The number of hydrogen-bond donors (Lipinski definition) is 1. The lowest BCUT2D eigenvalue weighted by molar-refractivity contribution is 0.254. The number of hydrogen-bond acceptors (Lipinski definition) is 6. The summed E-state index contributed by atoms with van der Waals surface area (Å²) in [4.78, 5) is 20.6. The average molecular weight is 474 g/mol. The zero-order chi connectivity index (χ0) is 22.5. The first-order valence-corrected chi connectivity index (χ1v) is 11.6. The maximum atomic E-state index is 12.7. The second-order valence-corrected chi connectivity index (χ2v) is 9.29. The number of rotatable bonds is 4. The minimum atomic E-state index is -0.165. The third kappa shape index (κ3) is 3.18. The van der Waals surface area contributed by atoms with Crippen LogP contribution in [0, 0.1) is 11.3 Å². The number of H-pyrrole nitrogens is 1. The van der Waals surface area contributed by atoms with Crippen molar-refractivity contribution >= 4 is 34.0 Å². The molecule has 6 rings (SSSR count). The fourth-order valence-corrected chi connectivity index (χ4v) is 5.30. The molecule has 0 spiro atoms. The van der Waals surface area contributed by atoms with Crippen LogP contribution in [0.4, 0.5) is 0 Å². The first-order chi connectivity index (χ1) is 16.1. The van der Waals surface area contributed by atoms with E-state index in [0.29, 0.717) is 21.9 Å². The Morgan fingerprint density at radius 3 is 2.79 bits per heavy atom. The standard InChI is InChI=1S/C23H16ClN7OS/c24-16-3-1-2-4-18(16)31-21(28-29-22(31)20-11-26-12-33-20)14-8-15(9-14)30-19-6-5-13(10-25)7-17(19)27-23(30)32/h1-7,11-12,14-15H,8-9H2,(H,27,32)/t14-,15-. The number of aromatic amines is 1. The lowest BCUT2D eigenvalue weighted by Crippen LogP contribution is -2.32. The van der Waals surface area contributed by atoms with Gasteiger partial charge in [-0.2, -0.15) is 5.26 Å². The maximum absolute atomic E-state index is 12.7. The van der Waals surface area contributed by atoms with Crippen LogP contribution >= 0.6 is 22.9 Å². The van der Waals surface area contributed by atoms with Gasteiger partial charge in [0, 0.05) is 18.2 Å². The second kappa shape index (κ2) is 7.69. The lowest BCUT2D eigenvalue weighted by atomic mass is 9.79. The monoisotopic (exact) mass is 473 g/mol. The first-order valence-electron chi connectivity index (χ1n) is 10.4. The fourth-order valence-electron chi connectivity index (χ4n) is 4.49. The van der Waals surface area contributed by atoms with E-state index in [4.69, 9.17) is 16.9 Å². The molecule has 3 heterocycles. The van der Waals surface area contributed by atoms with Gasteiger partial charge >= 0.3 is 5.69 Å². The minimum absolute atomic E-state index is 0.0347. The van der Waals surface area contributed by atoms with Crippen molar-refractivity contribution < 1.29 is 0 Å². The van der Waals surface area contributed by atoms with Crippen LogP contribution in [-0.2, 0) is 0 Å². The number of benzene rings is 2. The number of imidazole rings is 1. The Kier molecular flexibility index (Phi) is 4.64. The molecular weight excluding hydrogens is 458 g/mol. The van der Waals surface area contributed by atoms with Crippen LogP contribution in [0.2, 0.25) is 5.02 Å². The molecule has 33 heavy (non-hydrogen) atoms. The molecule has 1 aliphatic carbocycles. The Bertz CT molecular complexity index is 1590. The van der Waals surface area contributed by atoms with Crippen molar-refractivity contribution in [3.8, 4) is 22.5 Å². The van der Waals surface area contributed by atoms with Gasteiger partial charge in [-0.1, -0.05) is 23.7 Å². The molecule has 0 amide bonds. The summed E-state index contributed by atoms with van der Waals surface area (Å²) in [5.41, 5.74) is 4.42. The summed E-state index contributed by atoms with van der Waals surface area (Å²) >= 11 is 8.04. The number of fused-ring (bicyclic) bond motifs is 1. The summed E-state index contributed by atoms with van der Waals surface area (Å²) in [6.45, 7) is 0. The van der Waals surface area contributed by atoms with E-state index in [1.54, 1.807) is 28.4 Å². The van der Waals surface area contributed by atoms with Gasteiger partial charge in [0.2, 0.25) is 0 Å². The van der Waals surface area contributed by atoms with Gasteiger partial charge < -0.3 is 4.98 Å². The Morgan fingerprint density at radius 1 is 1.18 bits per heavy atom. The molecule has 8 nitrogen and oxygen atoms in total. The molecule has 1 aliphatic rings. The third-order valence-corrected chi connectivity index (χ3v) is 7.21. The van der Waals surface area contributed by atoms with Crippen LogP contribution in [-0.4, -0.2) is 29.3 Å². The highest BCUT2D eigenvalue weighted by atomic mass is 35.5. The molecule has 0 radical (unpaired) electrons. The normalized spacial score (nSPS) is 17.7. The SMILES string of the molecule is N#Cc1ccc2c(c1)[nH]c(=O)n2[C@H]1C[C@H](c2nnc(-c3cncs3)n2-c2ccccc2Cl)C1. The molecule has 1 saturated carbocycles. The Hall–Kier alpha value is -3.74. The predicted molar refractivity (Wildman–Crippen MR) is 126 cm³/mol. The van der Waals surface area contributed by atoms with Crippen LogP contribution in [0.3, 0.4) is 0 Å². The van der Waals surface area contributed by atoms with Crippen LogP contribution < -0.4 is 5.69 Å². The third-order valence-electron chi connectivity index (χ3n) is 6.12. The van der Waals surface area contributed by atoms with Gasteiger partial charge in [-0.3, -0.25) is 14.1 Å². The molecule has 0 atom stereocenters. The lowest BCUT2D eigenvalue weighted by Gasteiger charge is -2.35. The van der Waals surface area contributed by atoms with Crippen LogP contribution in [0.1, 0.15) is 36.2 Å². The average Bonchev–Trinajstić information content (AvgIpc) is 3.52. The summed E-state index contributed by atoms with van der Waals surface area (Å²) < 4.78 is 3.79. The zero-order valence-corrected chi connectivity index (χ0v) is 18.7. The van der Waals surface area contributed by atoms with Crippen molar-refractivity contribution in [2.75, 3.05) is 0 Å². The Labute approximate surface area is 196 Å². The van der Waals surface area contributed by atoms with Crippen molar-refractivity contribution in [3.63, 3.8) is 0 Å². The van der Waals surface area contributed by atoms with Crippen molar-refractivity contribution in [2.24, 2.45) is 0 Å². The first kappa shape index (κ1) is 19.9. The number of para-hydroxylation sites is 1. The highest BCUT2D eigenvalue weighted by Crippen LogP contribution is 2.46. The van der Waals surface area contributed by atoms with E-state index in [9.17, 15) is 4.79 Å². The molecule has 0 unspecified atom stereocenters. The fraction of sp³-hybridized carbons (Fsp3) is 0.174. The minimum Gasteiger partial charge on any atom is -0.305 e.